The molecule has 1 unspecified atom stereocenters. The summed E-state index contributed by atoms with van der Waals surface area (Å²) in [6.45, 7) is 1.40. The van der Waals surface area contributed by atoms with Crippen molar-refractivity contribution in [3.8, 4) is 11.3 Å². The smallest absolute Gasteiger partial charge is 0.252 e. The first-order valence-electron chi connectivity index (χ1n) is 11.7. The van der Waals surface area contributed by atoms with Gasteiger partial charge in [-0.15, -0.1) is 0 Å². The van der Waals surface area contributed by atoms with Crippen LogP contribution < -0.4 is 16.0 Å². The maximum atomic E-state index is 14.3. The molecule has 1 aliphatic carbocycles. The number of halogens is 1. The summed E-state index contributed by atoms with van der Waals surface area (Å²) < 4.78 is 14.3. The number of carbonyl (C=O) groups is 1. The number of aliphatic hydroxyl groups excluding tert-OH is 1. The molecule has 0 bridgehead atoms. The van der Waals surface area contributed by atoms with Crippen molar-refractivity contribution in [1.82, 2.24) is 4.98 Å². The zero-order valence-corrected chi connectivity index (χ0v) is 19.2. The lowest BCUT2D eigenvalue weighted by molar-refractivity contribution is -0.118. The van der Waals surface area contributed by atoms with Crippen molar-refractivity contribution in [2.24, 2.45) is 0 Å². The Morgan fingerprint density at radius 3 is 2.51 bits per heavy atom. The number of fused-ring (bicyclic) bond motifs is 2. The van der Waals surface area contributed by atoms with E-state index in [4.69, 9.17) is 4.98 Å². The zero-order valence-electron chi connectivity index (χ0n) is 19.2. The molecule has 176 valence electrons. The molecule has 35 heavy (non-hydrogen) atoms. The monoisotopic (exact) mass is 468 g/mol. The third-order valence-electron chi connectivity index (χ3n) is 6.89. The van der Waals surface area contributed by atoms with Crippen LogP contribution in [0.15, 0.2) is 72.8 Å². The lowest BCUT2D eigenvalue weighted by atomic mass is 9.94. The van der Waals surface area contributed by atoms with Crippen molar-refractivity contribution in [2.75, 3.05) is 16.0 Å². The van der Waals surface area contributed by atoms with Gasteiger partial charge in [-0.25, -0.2) is 4.98 Å². The number of nitrogens with zero attached hydrogens (tertiary/aromatic N) is 1. The highest BCUT2D eigenvalue weighted by atomic mass is 19.1. The van der Waals surface area contributed by atoms with Crippen molar-refractivity contribution in [1.29, 1.82) is 0 Å². The molecule has 1 amide bonds. The van der Waals surface area contributed by atoms with Gasteiger partial charge in [-0.1, -0.05) is 54.6 Å². The summed E-state index contributed by atoms with van der Waals surface area (Å²) in [4.78, 5) is 18.3. The van der Waals surface area contributed by atoms with Gasteiger partial charge in [-0.2, -0.15) is 4.39 Å². The van der Waals surface area contributed by atoms with Gasteiger partial charge in [0.2, 0.25) is 5.91 Å². The Balaban J connectivity index is 1.33. The van der Waals surface area contributed by atoms with E-state index in [0.717, 1.165) is 46.0 Å². The van der Waals surface area contributed by atoms with Gasteiger partial charge in [0, 0.05) is 17.9 Å². The molecule has 1 aliphatic heterocycles. The predicted molar refractivity (Wildman–Crippen MR) is 136 cm³/mol. The standard InChI is InChI=1S/C28H25FN4O2/c1-27(29)32-22-11-10-20(15-23(22)33-27)28(12-13-28)26(35)31-24-14-19-4-2-3-5-21(19)25(30-24)18-8-6-17(16-34)7-9-18/h2-11,14-15,32-34H,12-13,16H2,1H3,(H,30,31,35). The lowest BCUT2D eigenvalue weighted by Crippen LogP contribution is -2.32. The van der Waals surface area contributed by atoms with Gasteiger partial charge < -0.3 is 21.1 Å². The fourth-order valence-corrected chi connectivity index (χ4v) is 4.85. The van der Waals surface area contributed by atoms with E-state index in [-0.39, 0.29) is 12.5 Å². The summed E-state index contributed by atoms with van der Waals surface area (Å²) in [5.74, 6) is -1.34. The molecular formula is C28H25FN4O2. The van der Waals surface area contributed by atoms with Gasteiger partial charge in [0.1, 0.15) is 5.82 Å². The number of amides is 1. The first-order chi connectivity index (χ1) is 16.9. The minimum absolute atomic E-state index is 0.0223. The summed E-state index contributed by atoms with van der Waals surface area (Å²) in [6, 6.07) is 23.0. The summed E-state index contributed by atoms with van der Waals surface area (Å²) in [7, 11) is 0. The van der Waals surface area contributed by atoms with Gasteiger partial charge in [0.25, 0.3) is 5.92 Å². The summed E-state index contributed by atoms with van der Waals surface area (Å²) in [5.41, 5.74) is 4.05. The third kappa shape index (κ3) is 3.78. The number of aliphatic hydroxyl groups is 1. The number of rotatable bonds is 5. The van der Waals surface area contributed by atoms with Crippen LogP contribution in [-0.2, 0) is 16.8 Å². The van der Waals surface area contributed by atoms with Gasteiger partial charge in [0.15, 0.2) is 0 Å². The molecule has 6 nitrogen and oxygen atoms in total. The van der Waals surface area contributed by atoms with Crippen molar-refractivity contribution < 1.29 is 14.3 Å². The Bertz CT molecular complexity index is 1460. The van der Waals surface area contributed by atoms with Gasteiger partial charge >= 0.3 is 0 Å². The summed E-state index contributed by atoms with van der Waals surface area (Å²) in [5, 5.41) is 20.0. The van der Waals surface area contributed by atoms with E-state index in [2.05, 4.69) is 16.0 Å². The minimum Gasteiger partial charge on any atom is -0.392 e. The van der Waals surface area contributed by atoms with Gasteiger partial charge in [0.05, 0.1) is 29.1 Å². The topological polar surface area (TPSA) is 86.3 Å². The van der Waals surface area contributed by atoms with Gasteiger partial charge in [-0.05, 0) is 47.6 Å². The summed E-state index contributed by atoms with van der Waals surface area (Å²) in [6.07, 6.45) is 1.45. The fourth-order valence-electron chi connectivity index (χ4n) is 4.85. The number of anilines is 3. The number of pyridine rings is 1. The van der Waals surface area contributed by atoms with Crippen molar-refractivity contribution in [3.05, 3.63) is 83.9 Å². The number of hydrogen-bond acceptors (Lipinski definition) is 5. The van der Waals surface area contributed by atoms with E-state index in [1.807, 2.05) is 72.8 Å². The molecule has 2 heterocycles. The minimum atomic E-state index is -1.71. The second kappa shape index (κ2) is 7.78. The van der Waals surface area contributed by atoms with Crippen LogP contribution >= 0.6 is 0 Å². The second-order valence-corrected chi connectivity index (χ2v) is 9.48. The third-order valence-corrected chi connectivity index (χ3v) is 6.89. The van der Waals surface area contributed by atoms with Crippen molar-refractivity contribution >= 4 is 33.9 Å². The average molecular weight is 469 g/mol. The highest BCUT2D eigenvalue weighted by molar-refractivity contribution is 6.04. The first-order valence-corrected chi connectivity index (χ1v) is 11.7. The molecule has 2 aliphatic rings. The lowest BCUT2D eigenvalue weighted by Gasteiger charge is -2.17. The van der Waals surface area contributed by atoms with E-state index >= 15 is 0 Å². The van der Waals surface area contributed by atoms with Crippen LogP contribution in [-0.4, -0.2) is 21.9 Å². The van der Waals surface area contributed by atoms with Crippen LogP contribution in [0.4, 0.5) is 21.6 Å². The fraction of sp³-hybridized carbons (Fsp3) is 0.214. The van der Waals surface area contributed by atoms with Crippen LogP contribution in [0.1, 0.15) is 30.9 Å². The highest BCUT2D eigenvalue weighted by Gasteiger charge is 2.52. The molecule has 1 atom stereocenters. The molecule has 0 radical (unpaired) electrons. The number of aromatic nitrogens is 1. The Labute approximate surface area is 202 Å². The molecule has 4 N–H and O–H groups in total. The predicted octanol–water partition coefficient (Wildman–Crippen LogP) is 5.55. The van der Waals surface area contributed by atoms with Crippen LogP contribution in [0.3, 0.4) is 0 Å². The molecular weight excluding hydrogens is 443 g/mol. The van der Waals surface area contributed by atoms with Gasteiger partial charge in [-0.3, -0.25) is 4.79 Å². The highest BCUT2D eigenvalue weighted by Crippen LogP contribution is 2.51. The van der Waals surface area contributed by atoms with E-state index in [9.17, 15) is 14.3 Å². The zero-order chi connectivity index (χ0) is 24.2. The molecule has 3 aromatic carbocycles. The Morgan fingerprint density at radius 1 is 1.03 bits per heavy atom. The number of hydrogen-bond donors (Lipinski definition) is 4. The van der Waals surface area contributed by atoms with Crippen LogP contribution in [0.5, 0.6) is 0 Å². The largest absolute Gasteiger partial charge is 0.392 e. The molecule has 1 fully saturated rings. The number of carbonyl (C=O) groups excluding carboxylic acids is 1. The number of nitrogens with one attached hydrogen (secondary N) is 3. The summed E-state index contributed by atoms with van der Waals surface area (Å²) >= 11 is 0. The number of alkyl halides is 1. The van der Waals surface area contributed by atoms with Crippen LogP contribution in [0.25, 0.3) is 22.0 Å². The molecule has 0 spiro atoms. The molecule has 1 saturated carbocycles. The first kappa shape index (κ1) is 21.6. The second-order valence-electron chi connectivity index (χ2n) is 9.48. The van der Waals surface area contributed by atoms with E-state index in [1.54, 1.807) is 0 Å². The maximum absolute atomic E-state index is 14.3. The Morgan fingerprint density at radius 2 is 1.77 bits per heavy atom. The average Bonchev–Trinajstić information content (AvgIpc) is 3.60. The SMILES string of the molecule is CC1(F)Nc2ccc(C3(C(=O)Nc4cc5ccccc5c(-c5ccc(CO)cc5)n4)CC3)cc2N1. The van der Waals surface area contributed by atoms with E-state index < -0.39 is 11.3 Å². The Hall–Kier alpha value is -3.97. The Kier molecular flexibility index (Phi) is 4.79. The molecule has 1 aromatic heterocycles. The van der Waals surface area contributed by atoms with Crippen LogP contribution in [0, 0.1) is 0 Å². The molecule has 7 heteroatoms. The van der Waals surface area contributed by atoms with E-state index in [1.165, 1.54) is 6.92 Å². The van der Waals surface area contributed by atoms with E-state index in [0.29, 0.717) is 17.2 Å². The molecule has 6 rings (SSSR count). The quantitative estimate of drug-likeness (QED) is 0.289. The normalized spacial score (nSPS) is 19.5. The van der Waals surface area contributed by atoms with Crippen molar-refractivity contribution in [2.45, 2.75) is 37.7 Å². The van der Waals surface area contributed by atoms with Crippen molar-refractivity contribution in [3.63, 3.8) is 0 Å². The number of benzene rings is 3. The molecule has 0 saturated heterocycles. The molecule has 4 aromatic rings. The van der Waals surface area contributed by atoms with Crippen LogP contribution in [0.2, 0.25) is 0 Å². The maximum Gasteiger partial charge on any atom is 0.252 e.